The molecule has 1 nitrogen and oxygen atoms in total. The van der Waals surface area contributed by atoms with Gasteiger partial charge in [0.1, 0.15) is 0 Å². The van der Waals surface area contributed by atoms with E-state index in [9.17, 15) is 0 Å². The van der Waals surface area contributed by atoms with Crippen LogP contribution in [0.15, 0.2) is 0 Å². The molecule has 1 saturated heterocycles. The Hall–Kier alpha value is -0.0400. The molecular formula is C14H24O. The predicted molar refractivity (Wildman–Crippen MR) is 61.7 cm³/mol. The molecule has 0 aromatic heterocycles. The van der Waals surface area contributed by atoms with Crippen LogP contribution < -0.4 is 0 Å². The third-order valence-corrected chi connectivity index (χ3v) is 4.83. The second-order valence-electron chi connectivity index (χ2n) is 6.20. The van der Waals surface area contributed by atoms with Crippen LogP contribution >= 0.6 is 0 Å². The van der Waals surface area contributed by atoms with Gasteiger partial charge in [0.05, 0.1) is 0 Å². The first-order valence-corrected chi connectivity index (χ1v) is 6.98. The molecule has 4 aliphatic carbocycles. The third kappa shape index (κ3) is 2.38. The summed E-state index contributed by atoms with van der Waals surface area (Å²) in [5, 5.41) is 0. The van der Waals surface area contributed by atoms with E-state index in [-0.39, 0.29) is 0 Å². The normalized spacial score (nSPS) is 46.4. The molecule has 4 saturated carbocycles. The summed E-state index contributed by atoms with van der Waals surface area (Å²) in [5.74, 6) is 4.71. The van der Waals surface area contributed by atoms with Crippen molar-refractivity contribution in [2.45, 2.75) is 51.4 Å². The minimum atomic E-state index is 1.00. The van der Waals surface area contributed by atoms with Crippen LogP contribution in [0.2, 0.25) is 0 Å². The monoisotopic (exact) mass is 208 g/mol. The number of hydrogen-bond donors (Lipinski definition) is 0. The highest BCUT2D eigenvalue weighted by molar-refractivity contribution is 4.92. The van der Waals surface area contributed by atoms with Gasteiger partial charge < -0.3 is 4.74 Å². The standard InChI is InChI=1S/C10H16.C4H8O/c1-7-2-9-4-8(1)5-10(3-7)6-9;1-2-4-5-3-1/h7-10H,1-6H2;1-4H2. The molecule has 0 N–H and O–H groups in total. The lowest BCUT2D eigenvalue weighted by atomic mass is 9.56. The van der Waals surface area contributed by atoms with E-state index in [2.05, 4.69) is 0 Å². The highest BCUT2D eigenvalue weighted by Crippen LogP contribution is 2.53. The lowest BCUT2D eigenvalue weighted by molar-refractivity contribution is 0.0198. The molecule has 5 aliphatic rings. The fourth-order valence-electron chi connectivity index (χ4n) is 4.49. The number of hydrogen-bond acceptors (Lipinski definition) is 1. The van der Waals surface area contributed by atoms with Gasteiger partial charge in [-0.25, -0.2) is 0 Å². The highest BCUT2D eigenvalue weighted by Gasteiger charge is 2.41. The molecule has 1 heterocycles. The van der Waals surface area contributed by atoms with Gasteiger partial charge in [-0.15, -0.1) is 0 Å². The molecule has 1 aliphatic heterocycles. The van der Waals surface area contributed by atoms with Gasteiger partial charge in [-0.1, -0.05) is 0 Å². The zero-order valence-electron chi connectivity index (χ0n) is 9.79. The Bertz CT molecular complexity index is 143. The maximum Gasteiger partial charge on any atom is 0.0466 e. The van der Waals surface area contributed by atoms with Crippen molar-refractivity contribution in [3.05, 3.63) is 0 Å². The van der Waals surface area contributed by atoms with Crippen LogP contribution in [0.1, 0.15) is 51.4 Å². The second kappa shape index (κ2) is 4.45. The zero-order valence-corrected chi connectivity index (χ0v) is 9.79. The summed E-state index contributed by atoms with van der Waals surface area (Å²) in [7, 11) is 0. The molecule has 15 heavy (non-hydrogen) atoms. The van der Waals surface area contributed by atoms with Gasteiger partial charge in [-0.2, -0.15) is 0 Å². The summed E-state index contributed by atoms with van der Waals surface area (Å²) < 4.78 is 4.94. The van der Waals surface area contributed by atoms with Crippen molar-refractivity contribution in [1.29, 1.82) is 0 Å². The summed E-state index contributed by atoms with van der Waals surface area (Å²) >= 11 is 0. The molecule has 0 amide bonds. The van der Waals surface area contributed by atoms with Crippen molar-refractivity contribution in [3.63, 3.8) is 0 Å². The molecule has 0 unspecified atom stereocenters. The zero-order chi connectivity index (χ0) is 10.1. The Morgan fingerprint density at radius 1 is 0.533 bits per heavy atom. The van der Waals surface area contributed by atoms with Gasteiger partial charge in [0.25, 0.3) is 0 Å². The number of rotatable bonds is 0. The average molecular weight is 208 g/mol. The molecule has 0 spiro atoms. The van der Waals surface area contributed by atoms with Crippen molar-refractivity contribution in [2.24, 2.45) is 23.7 Å². The van der Waals surface area contributed by atoms with Gasteiger partial charge in [0.15, 0.2) is 0 Å². The molecule has 5 rings (SSSR count). The van der Waals surface area contributed by atoms with Crippen molar-refractivity contribution in [2.75, 3.05) is 13.2 Å². The Balaban J connectivity index is 0.000000123. The van der Waals surface area contributed by atoms with Crippen LogP contribution in [-0.4, -0.2) is 13.2 Å². The van der Waals surface area contributed by atoms with Crippen LogP contribution in [0.5, 0.6) is 0 Å². The maximum absolute atomic E-state index is 4.94. The van der Waals surface area contributed by atoms with E-state index in [4.69, 9.17) is 4.74 Å². The molecule has 0 atom stereocenters. The number of ether oxygens (including phenoxy) is 1. The Morgan fingerprint density at radius 2 is 0.867 bits per heavy atom. The van der Waals surface area contributed by atoms with E-state index in [0.29, 0.717) is 0 Å². The smallest absolute Gasteiger partial charge is 0.0466 e. The minimum absolute atomic E-state index is 1.00. The Morgan fingerprint density at radius 3 is 1.07 bits per heavy atom. The summed E-state index contributed by atoms with van der Waals surface area (Å²) in [6.45, 7) is 2.00. The minimum Gasteiger partial charge on any atom is -0.381 e. The van der Waals surface area contributed by atoms with Gasteiger partial charge in [-0.3, -0.25) is 0 Å². The summed E-state index contributed by atoms with van der Waals surface area (Å²) in [5.41, 5.74) is 0. The van der Waals surface area contributed by atoms with Crippen LogP contribution in [0.4, 0.5) is 0 Å². The van der Waals surface area contributed by atoms with Gasteiger partial charge >= 0.3 is 0 Å². The van der Waals surface area contributed by atoms with E-state index in [1.165, 1.54) is 36.5 Å². The van der Waals surface area contributed by atoms with E-state index in [1.54, 1.807) is 38.5 Å². The first kappa shape index (κ1) is 10.1. The fraction of sp³-hybridized carbons (Fsp3) is 1.00. The summed E-state index contributed by atoms with van der Waals surface area (Å²) in [6, 6.07) is 0. The molecular weight excluding hydrogens is 184 g/mol. The second-order valence-corrected chi connectivity index (χ2v) is 6.20. The molecule has 1 heteroatoms. The maximum atomic E-state index is 4.94. The van der Waals surface area contributed by atoms with E-state index < -0.39 is 0 Å². The quantitative estimate of drug-likeness (QED) is 0.590. The molecule has 0 aromatic rings. The van der Waals surface area contributed by atoms with Gasteiger partial charge in [0, 0.05) is 13.2 Å². The summed E-state index contributed by atoms with van der Waals surface area (Å²) in [6.07, 6.45) is 12.2. The first-order valence-electron chi connectivity index (χ1n) is 6.98. The lowest BCUT2D eigenvalue weighted by Gasteiger charge is -2.49. The molecule has 5 fully saturated rings. The van der Waals surface area contributed by atoms with Crippen LogP contribution in [0.3, 0.4) is 0 Å². The van der Waals surface area contributed by atoms with E-state index in [1.807, 2.05) is 0 Å². The highest BCUT2D eigenvalue weighted by atomic mass is 16.5. The van der Waals surface area contributed by atoms with Crippen molar-refractivity contribution >= 4 is 0 Å². The fourth-order valence-corrected chi connectivity index (χ4v) is 4.49. The van der Waals surface area contributed by atoms with Crippen LogP contribution in [0, 0.1) is 23.7 Å². The van der Waals surface area contributed by atoms with Crippen molar-refractivity contribution in [1.82, 2.24) is 0 Å². The largest absolute Gasteiger partial charge is 0.381 e. The molecule has 4 bridgehead atoms. The summed E-state index contributed by atoms with van der Waals surface area (Å²) in [4.78, 5) is 0. The van der Waals surface area contributed by atoms with Crippen molar-refractivity contribution in [3.8, 4) is 0 Å². The van der Waals surface area contributed by atoms with Crippen molar-refractivity contribution < 1.29 is 4.74 Å². The molecule has 0 aromatic carbocycles. The van der Waals surface area contributed by atoms with Gasteiger partial charge in [0.2, 0.25) is 0 Å². The third-order valence-electron chi connectivity index (χ3n) is 4.83. The van der Waals surface area contributed by atoms with Gasteiger partial charge in [-0.05, 0) is 75.0 Å². The van der Waals surface area contributed by atoms with E-state index >= 15 is 0 Å². The van der Waals surface area contributed by atoms with Crippen LogP contribution in [0.25, 0.3) is 0 Å². The Labute approximate surface area is 93.6 Å². The predicted octanol–water partition coefficient (Wildman–Crippen LogP) is 3.63. The average Bonchev–Trinajstić information content (AvgIpc) is 2.72. The SMILES string of the molecule is C1C2CC3CC1CC(C2)C3.C1CCOC1. The first-order chi connectivity index (χ1) is 7.40. The topological polar surface area (TPSA) is 9.23 Å². The van der Waals surface area contributed by atoms with E-state index in [0.717, 1.165) is 13.2 Å². The molecule has 86 valence electrons. The lowest BCUT2D eigenvalue weighted by Crippen LogP contribution is -2.38. The molecule has 0 radical (unpaired) electrons. The van der Waals surface area contributed by atoms with Crippen LogP contribution in [-0.2, 0) is 4.74 Å². The Kier molecular flexibility index (Phi) is 3.01.